The largest absolute Gasteiger partial charge is 0.349 e. The van der Waals surface area contributed by atoms with Gasteiger partial charge in [0.2, 0.25) is 0 Å². The van der Waals surface area contributed by atoms with Crippen LogP contribution in [0.1, 0.15) is 11.6 Å². The first-order valence-electron chi connectivity index (χ1n) is 9.37. The van der Waals surface area contributed by atoms with Crippen LogP contribution in [0, 0.1) is 0 Å². The number of carbonyl (C=O) groups is 1. The summed E-state index contributed by atoms with van der Waals surface area (Å²) in [6.45, 7) is 0.445. The molecule has 3 aromatic carbocycles. The van der Waals surface area contributed by atoms with Crippen LogP contribution in [0.15, 0.2) is 73.1 Å². The highest BCUT2D eigenvalue weighted by Gasteiger charge is 2.35. The second-order valence-corrected chi connectivity index (χ2v) is 7.46. The molecule has 1 aromatic heterocycles. The highest BCUT2D eigenvalue weighted by atomic mass is 35.5. The summed E-state index contributed by atoms with van der Waals surface area (Å²) in [4.78, 5) is 21.1. The van der Waals surface area contributed by atoms with Crippen molar-refractivity contribution in [1.29, 1.82) is 0 Å². The Morgan fingerprint density at radius 1 is 1.07 bits per heavy atom. The average Bonchev–Trinajstić information content (AvgIpc) is 3.40. The Kier molecular flexibility index (Phi) is 4.54. The van der Waals surface area contributed by atoms with E-state index in [1.165, 1.54) is 0 Å². The van der Waals surface area contributed by atoms with E-state index in [1.807, 2.05) is 47.4 Å². The van der Waals surface area contributed by atoms with Crippen molar-refractivity contribution >= 4 is 34.6 Å². The average molecular weight is 404 g/mol. The number of nitrogens with zero attached hydrogens (tertiary/aromatic N) is 2. The molecule has 144 valence electrons. The van der Waals surface area contributed by atoms with Gasteiger partial charge in [-0.1, -0.05) is 48.0 Å². The molecule has 5 rings (SSSR count). The third-order valence-corrected chi connectivity index (χ3v) is 5.54. The Balaban J connectivity index is 1.49. The monoisotopic (exact) mass is 403 g/mol. The van der Waals surface area contributed by atoms with Crippen LogP contribution in [0.25, 0.3) is 22.2 Å². The molecule has 5 nitrogen and oxygen atoms in total. The highest BCUT2D eigenvalue weighted by Crippen LogP contribution is 2.36. The smallest absolute Gasteiger partial charge is 0.187 e. The Labute approximate surface area is 172 Å². The molecular weight excluding hydrogens is 386 g/mol. The van der Waals surface area contributed by atoms with Crippen LogP contribution >= 0.6 is 11.6 Å². The predicted molar refractivity (Wildman–Crippen MR) is 114 cm³/mol. The van der Waals surface area contributed by atoms with Gasteiger partial charge in [0.15, 0.2) is 12.5 Å². The van der Waals surface area contributed by atoms with Crippen molar-refractivity contribution in [2.75, 3.05) is 11.5 Å². The van der Waals surface area contributed by atoms with Crippen molar-refractivity contribution in [3.8, 4) is 11.1 Å². The van der Waals surface area contributed by atoms with Gasteiger partial charge in [-0.25, -0.2) is 4.98 Å². The predicted octanol–water partition coefficient (Wildman–Crippen LogP) is 4.99. The zero-order chi connectivity index (χ0) is 19.8. The summed E-state index contributed by atoms with van der Waals surface area (Å²) in [6, 6.07) is 22.0. The Morgan fingerprint density at radius 3 is 2.72 bits per heavy atom. The first kappa shape index (κ1) is 17.9. The standard InChI is InChI=1S/C23H18ClN3O2/c24-18-3-1-2-17(10-18)15-4-6-16(7-5-15)22-13-29-23(12-28)27(22)19-8-9-20-21(11-19)26-14-25-20/h1-12,14,22-23H,13H2,(H,25,26). The lowest BCUT2D eigenvalue weighted by atomic mass is 10.00. The summed E-state index contributed by atoms with van der Waals surface area (Å²) in [7, 11) is 0. The normalized spacial score (nSPS) is 19.0. The number of nitrogens with one attached hydrogen (secondary N) is 1. The summed E-state index contributed by atoms with van der Waals surface area (Å²) >= 11 is 6.12. The summed E-state index contributed by atoms with van der Waals surface area (Å²) in [5.74, 6) is 0. The van der Waals surface area contributed by atoms with Crippen LogP contribution < -0.4 is 4.90 Å². The summed E-state index contributed by atoms with van der Waals surface area (Å²) < 4.78 is 5.77. The van der Waals surface area contributed by atoms with E-state index >= 15 is 0 Å². The van der Waals surface area contributed by atoms with Crippen molar-refractivity contribution < 1.29 is 9.53 Å². The summed E-state index contributed by atoms with van der Waals surface area (Å²) in [5, 5.41) is 0.713. The molecule has 1 fully saturated rings. The second-order valence-electron chi connectivity index (χ2n) is 7.02. The van der Waals surface area contributed by atoms with Crippen LogP contribution in [0.3, 0.4) is 0 Å². The molecule has 0 bridgehead atoms. The molecule has 6 heteroatoms. The molecule has 2 heterocycles. The summed E-state index contributed by atoms with van der Waals surface area (Å²) in [6.07, 6.45) is 1.89. The fourth-order valence-corrected chi connectivity index (χ4v) is 4.06. The molecule has 0 aliphatic carbocycles. The van der Waals surface area contributed by atoms with Gasteiger partial charge in [-0.05, 0) is 47.0 Å². The lowest BCUT2D eigenvalue weighted by Crippen LogP contribution is -2.33. The Morgan fingerprint density at radius 2 is 1.93 bits per heavy atom. The van der Waals surface area contributed by atoms with Crippen molar-refractivity contribution in [3.63, 3.8) is 0 Å². The molecule has 29 heavy (non-hydrogen) atoms. The SMILES string of the molecule is O=CC1OCC(c2ccc(-c3cccc(Cl)c3)cc2)N1c1ccc2nc[nH]c2c1. The fourth-order valence-electron chi connectivity index (χ4n) is 3.87. The van der Waals surface area contributed by atoms with E-state index in [0.29, 0.717) is 11.6 Å². The number of aromatic amines is 1. The number of aromatic nitrogens is 2. The first-order chi connectivity index (χ1) is 14.2. The van der Waals surface area contributed by atoms with Crippen LogP contribution in [0.4, 0.5) is 5.69 Å². The van der Waals surface area contributed by atoms with E-state index in [4.69, 9.17) is 16.3 Å². The maximum Gasteiger partial charge on any atom is 0.187 e. The number of anilines is 1. The van der Waals surface area contributed by atoms with Gasteiger partial charge in [0.05, 0.1) is 30.0 Å². The molecule has 0 radical (unpaired) electrons. The molecule has 1 aliphatic heterocycles. The molecule has 2 unspecified atom stereocenters. The van der Waals surface area contributed by atoms with Crippen molar-refractivity contribution in [2.24, 2.45) is 0 Å². The molecular formula is C23H18ClN3O2. The Bertz CT molecular complexity index is 1170. The summed E-state index contributed by atoms with van der Waals surface area (Å²) in [5.41, 5.74) is 5.98. The maximum atomic E-state index is 11.7. The van der Waals surface area contributed by atoms with E-state index in [9.17, 15) is 4.79 Å². The number of imidazole rings is 1. The Hall–Kier alpha value is -3.15. The maximum absolute atomic E-state index is 11.7. The van der Waals surface area contributed by atoms with Gasteiger partial charge in [0.1, 0.15) is 0 Å². The van der Waals surface area contributed by atoms with Gasteiger partial charge in [0.25, 0.3) is 0 Å². The molecule has 1 aliphatic rings. The van der Waals surface area contributed by atoms with E-state index in [-0.39, 0.29) is 6.04 Å². The molecule has 0 amide bonds. The number of rotatable bonds is 4. The number of fused-ring (bicyclic) bond motifs is 1. The van der Waals surface area contributed by atoms with Crippen molar-refractivity contribution in [3.05, 3.63) is 83.6 Å². The van der Waals surface area contributed by atoms with Gasteiger partial charge in [0, 0.05) is 10.7 Å². The molecule has 4 aromatic rings. The zero-order valence-corrected chi connectivity index (χ0v) is 16.2. The number of aldehydes is 1. The fraction of sp³-hybridized carbons (Fsp3) is 0.130. The van der Waals surface area contributed by atoms with Gasteiger partial charge in [-0.15, -0.1) is 0 Å². The molecule has 0 spiro atoms. The number of hydrogen-bond acceptors (Lipinski definition) is 4. The third-order valence-electron chi connectivity index (χ3n) is 5.31. The van der Waals surface area contributed by atoms with E-state index in [1.54, 1.807) is 6.33 Å². The number of ether oxygens (including phenoxy) is 1. The van der Waals surface area contributed by atoms with Gasteiger partial charge < -0.3 is 14.6 Å². The molecule has 0 saturated carbocycles. The topological polar surface area (TPSA) is 58.2 Å². The van der Waals surface area contributed by atoms with Crippen LogP contribution in [-0.4, -0.2) is 29.1 Å². The molecule has 2 atom stereocenters. The van der Waals surface area contributed by atoms with Crippen LogP contribution in [-0.2, 0) is 9.53 Å². The quantitative estimate of drug-likeness (QED) is 0.488. The van der Waals surface area contributed by atoms with Crippen LogP contribution in [0.5, 0.6) is 0 Å². The minimum atomic E-state index is -0.618. The third kappa shape index (κ3) is 3.28. The van der Waals surface area contributed by atoms with E-state index in [0.717, 1.165) is 39.7 Å². The molecule has 1 N–H and O–H groups in total. The second kappa shape index (κ2) is 7.35. The van der Waals surface area contributed by atoms with Crippen molar-refractivity contribution in [1.82, 2.24) is 9.97 Å². The number of H-pyrrole nitrogens is 1. The minimum Gasteiger partial charge on any atom is -0.349 e. The number of carbonyl (C=O) groups excluding carboxylic acids is 1. The highest BCUT2D eigenvalue weighted by molar-refractivity contribution is 6.30. The van der Waals surface area contributed by atoms with Gasteiger partial charge >= 0.3 is 0 Å². The number of hydrogen-bond donors (Lipinski definition) is 1. The lowest BCUT2D eigenvalue weighted by molar-refractivity contribution is -0.115. The van der Waals surface area contributed by atoms with E-state index < -0.39 is 6.23 Å². The van der Waals surface area contributed by atoms with Crippen molar-refractivity contribution in [2.45, 2.75) is 12.3 Å². The zero-order valence-electron chi connectivity index (χ0n) is 15.5. The lowest BCUT2D eigenvalue weighted by Gasteiger charge is -2.28. The van der Waals surface area contributed by atoms with Gasteiger partial charge in [-0.2, -0.15) is 0 Å². The minimum absolute atomic E-state index is 0.0565. The molecule has 1 saturated heterocycles. The van der Waals surface area contributed by atoms with Gasteiger partial charge in [-0.3, -0.25) is 4.79 Å². The number of halogens is 1. The number of benzene rings is 3. The van der Waals surface area contributed by atoms with E-state index in [2.05, 4.69) is 34.2 Å². The van der Waals surface area contributed by atoms with Crippen LogP contribution in [0.2, 0.25) is 5.02 Å². The first-order valence-corrected chi connectivity index (χ1v) is 9.75.